The van der Waals surface area contributed by atoms with Crippen molar-refractivity contribution in [2.24, 2.45) is 5.41 Å². The minimum atomic E-state index is -2.53. The highest BCUT2D eigenvalue weighted by Crippen LogP contribution is 2.60. The van der Waals surface area contributed by atoms with Crippen molar-refractivity contribution >= 4 is 5.82 Å². The van der Waals surface area contributed by atoms with Crippen LogP contribution in [0.25, 0.3) is 0 Å². The highest BCUT2D eigenvalue weighted by atomic mass is 19.3. The van der Waals surface area contributed by atoms with E-state index in [4.69, 9.17) is 5.73 Å². The van der Waals surface area contributed by atoms with Crippen LogP contribution in [0.1, 0.15) is 13.3 Å². The lowest BCUT2D eigenvalue weighted by Crippen LogP contribution is -2.15. The number of hydrogen-bond acceptors (Lipinski definition) is 2. The average molecular weight is 187 g/mol. The molecule has 2 rings (SSSR count). The molecule has 0 bridgehead atoms. The van der Waals surface area contributed by atoms with Crippen LogP contribution in [0.4, 0.5) is 14.6 Å². The lowest BCUT2D eigenvalue weighted by atomic mass is 10.1. The Morgan fingerprint density at radius 2 is 2.31 bits per heavy atom. The number of hydrogen-bond donors (Lipinski definition) is 1. The molecule has 5 heteroatoms. The van der Waals surface area contributed by atoms with Crippen LogP contribution in [0.5, 0.6) is 0 Å². The smallest absolute Gasteiger partial charge is 0.256 e. The standard InChI is InChI=1S/C8H11F2N3/c1-7(4-8(7,9)10)5-13-3-2-6(11)12-13/h2-3H,4-5H2,1H3,(H2,11,12). The van der Waals surface area contributed by atoms with Gasteiger partial charge in [0, 0.05) is 12.6 Å². The zero-order valence-electron chi connectivity index (χ0n) is 7.30. The summed E-state index contributed by atoms with van der Waals surface area (Å²) in [5, 5.41) is 3.86. The van der Waals surface area contributed by atoms with Crippen molar-refractivity contribution in [3.63, 3.8) is 0 Å². The lowest BCUT2D eigenvalue weighted by molar-refractivity contribution is 0.0623. The summed E-state index contributed by atoms with van der Waals surface area (Å²) in [6.45, 7) is 1.79. The first-order chi connectivity index (χ1) is 5.93. The molecule has 0 spiro atoms. The summed E-state index contributed by atoms with van der Waals surface area (Å²) in [6, 6.07) is 1.60. The van der Waals surface area contributed by atoms with Crippen molar-refractivity contribution in [1.82, 2.24) is 9.78 Å². The minimum absolute atomic E-state index is 0.0558. The number of alkyl halides is 2. The fourth-order valence-electron chi connectivity index (χ4n) is 1.44. The summed E-state index contributed by atoms with van der Waals surface area (Å²) < 4.78 is 27.1. The zero-order chi connectivity index (χ0) is 9.69. The minimum Gasteiger partial charge on any atom is -0.382 e. The first-order valence-corrected chi connectivity index (χ1v) is 4.10. The van der Waals surface area contributed by atoms with Gasteiger partial charge in [0.25, 0.3) is 5.92 Å². The van der Waals surface area contributed by atoms with Crippen molar-refractivity contribution in [1.29, 1.82) is 0 Å². The van der Waals surface area contributed by atoms with Gasteiger partial charge in [-0.15, -0.1) is 0 Å². The Balaban J connectivity index is 2.08. The number of nitrogen functional groups attached to an aromatic ring is 1. The Hall–Kier alpha value is -1.13. The quantitative estimate of drug-likeness (QED) is 0.762. The second kappa shape index (κ2) is 2.21. The molecule has 1 saturated carbocycles. The molecule has 1 aromatic heterocycles. The Morgan fingerprint density at radius 1 is 1.69 bits per heavy atom. The predicted molar refractivity (Wildman–Crippen MR) is 44.3 cm³/mol. The van der Waals surface area contributed by atoms with Crippen LogP contribution in [0.15, 0.2) is 12.3 Å². The molecule has 3 nitrogen and oxygen atoms in total. The van der Waals surface area contributed by atoms with E-state index in [2.05, 4.69) is 5.10 Å². The van der Waals surface area contributed by atoms with Gasteiger partial charge >= 0.3 is 0 Å². The molecule has 72 valence electrons. The molecule has 1 unspecified atom stereocenters. The molecule has 0 saturated heterocycles. The maximum absolute atomic E-state index is 12.8. The molecule has 0 radical (unpaired) electrons. The molecule has 1 aliphatic rings. The maximum Gasteiger partial charge on any atom is 0.256 e. The van der Waals surface area contributed by atoms with Crippen LogP contribution in [-0.4, -0.2) is 15.7 Å². The van der Waals surface area contributed by atoms with Crippen molar-refractivity contribution in [2.75, 3.05) is 5.73 Å². The molecule has 1 aliphatic carbocycles. The van der Waals surface area contributed by atoms with E-state index in [1.165, 1.54) is 4.68 Å². The number of halogens is 2. The highest BCUT2D eigenvalue weighted by molar-refractivity contribution is 5.24. The first-order valence-electron chi connectivity index (χ1n) is 4.10. The second-order valence-corrected chi connectivity index (χ2v) is 3.88. The monoisotopic (exact) mass is 187 g/mol. The third-order valence-corrected chi connectivity index (χ3v) is 2.54. The Morgan fingerprint density at radius 3 is 2.69 bits per heavy atom. The summed E-state index contributed by atoms with van der Waals surface area (Å²) in [4.78, 5) is 0. The number of anilines is 1. The Kier molecular flexibility index (Phi) is 1.44. The third kappa shape index (κ3) is 1.28. The topological polar surface area (TPSA) is 43.8 Å². The van der Waals surface area contributed by atoms with E-state index in [1.54, 1.807) is 19.2 Å². The van der Waals surface area contributed by atoms with Crippen LogP contribution in [-0.2, 0) is 6.54 Å². The van der Waals surface area contributed by atoms with Gasteiger partial charge in [0.1, 0.15) is 5.82 Å². The van der Waals surface area contributed by atoms with Crippen molar-refractivity contribution in [3.8, 4) is 0 Å². The SMILES string of the molecule is CC1(Cn2ccc(N)n2)CC1(F)F. The van der Waals surface area contributed by atoms with Gasteiger partial charge < -0.3 is 5.73 Å². The predicted octanol–water partition coefficient (Wildman–Crippen LogP) is 1.51. The lowest BCUT2D eigenvalue weighted by Gasteiger charge is -2.09. The van der Waals surface area contributed by atoms with E-state index in [0.29, 0.717) is 5.82 Å². The molecular formula is C8H11F2N3. The van der Waals surface area contributed by atoms with E-state index in [-0.39, 0.29) is 13.0 Å². The number of nitrogens with zero attached hydrogens (tertiary/aromatic N) is 2. The van der Waals surface area contributed by atoms with Gasteiger partial charge in [-0.3, -0.25) is 4.68 Å². The van der Waals surface area contributed by atoms with Crippen molar-refractivity contribution < 1.29 is 8.78 Å². The van der Waals surface area contributed by atoms with Gasteiger partial charge in [0.2, 0.25) is 0 Å². The maximum atomic E-state index is 12.8. The Bertz CT molecular complexity index is 334. The zero-order valence-corrected chi connectivity index (χ0v) is 7.30. The van der Waals surface area contributed by atoms with E-state index in [0.717, 1.165) is 0 Å². The molecule has 1 atom stereocenters. The van der Waals surface area contributed by atoms with Gasteiger partial charge in [-0.25, -0.2) is 8.78 Å². The van der Waals surface area contributed by atoms with Crippen LogP contribution < -0.4 is 5.73 Å². The molecule has 2 N–H and O–H groups in total. The molecule has 0 amide bonds. The van der Waals surface area contributed by atoms with Gasteiger partial charge in [0.05, 0.1) is 12.0 Å². The Labute approximate surface area is 74.5 Å². The molecular weight excluding hydrogens is 176 g/mol. The summed E-state index contributed by atoms with van der Waals surface area (Å²) in [5.41, 5.74) is 4.44. The van der Waals surface area contributed by atoms with Crippen LogP contribution in [0.3, 0.4) is 0 Å². The molecule has 1 fully saturated rings. The largest absolute Gasteiger partial charge is 0.382 e. The summed E-state index contributed by atoms with van der Waals surface area (Å²) in [5.74, 6) is -2.17. The summed E-state index contributed by atoms with van der Waals surface area (Å²) in [7, 11) is 0. The van der Waals surface area contributed by atoms with E-state index < -0.39 is 11.3 Å². The summed E-state index contributed by atoms with van der Waals surface area (Å²) >= 11 is 0. The van der Waals surface area contributed by atoms with Crippen LogP contribution in [0, 0.1) is 5.41 Å². The van der Waals surface area contributed by atoms with E-state index in [1.807, 2.05) is 0 Å². The molecule has 13 heavy (non-hydrogen) atoms. The van der Waals surface area contributed by atoms with Crippen LogP contribution in [0.2, 0.25) is 0 Å². The third-order valence-electron chi connectivity index (χ3n) is 2.54. The molecule has 0 aliphatic heterocycles. The fraction of sp³-hybridized carbons (Fsp3) is 0.625. The fourth-order valence-corrected chi connectivity index (χ4v) is 1.44. The number of aromatic nitrogens is 2. The number of rotatable bonds is 2. The molecule has 1 aromatic rings. The van der Waals surface area contributed by atoms with E-state index >= 15 is 0 Å². The van der Waals surface area contributed by atoms with Gasteiger partial charge in [-0.05, 0) is 6.07 Å². The molecule has 0 aromatic carbocycles. The van der Waals surface area contributed by atoms with Gasteiger partial charge in [-0.2, -0.15) is 5.10 Å². The normalized spacial score (nSPS) is 30.4. The van der Waals surface area contributed by atoms with Crippen LogP contribution >= 0.6 is 0 Å². The number of nitrogens with two attached hydrogens (primary N) is 1. The highest BCUT2D eigenvalue weighted by Gasteiger charge is 2.67. The van der Waals surface area contributed by atoms with Gasteiger partial charge in [-0.1, -0.05) is 6.92 Å². The second-order valence-electron chi connectivity index (χ2n) is 3.88. The first kappa shape index (κ1) is 8.47. The molecule has 1 heterocycles. The summed E-state index contributed by atoms with van der Waals surface area (Å²) in [6.07, 6.45) is 1.56. The van der Waals surface area contributed by atoms with Crippen molar-refractivity contribution in [2.45, 2.75) is 25.8 Å². The van der Waals surface area contributed by atoms with Gasteiger partial charge in [0.15, 0.2) is 0 Å². The average Bonchev–Trinajstić information content (AvgIpc) is 2.37. The van der Waals surface area contributed by atoms with Crippen molar-refractivity contribution in [3.05, 3.63) is 12.3 Å². The van der Waals surface area contributed by atoms with E-state index in [9.17, 15) is 8.78 Å².